The number of esters is 1. The lowest BCUT2D eigenvalue weighted by atomic mass is 10.1. The van der Waals surface area contributed by atoms with Crippen molar-refractivity contribution in [1.82, 2.24) is 9.55 Å². The highest BCUT2D eigenvalue weighted by molar-refractivity contribution is 5.86. The van der Waals surface area contributed by atoms with Gasteiger partial charge in [-0.05, 0) is 12.5 Å². The van der Waals surface area contributed by atoms with E-state index in [-0.39, 0.29) is 6.04 Å². The quantitative estimate of drug-likeness (QED) is 0.760. The van der Waals surface area contributed by atoms with Crippen molar-refractivity contribution in [1.29, 1.82) is 0 Å². The van der Waals surface area contributed by atoms with Crippen molar-refractivity contribution in [2.45, 2.75) is 13.0 Å². The van der Waals surface area contributed by atoms with Gasteiger partial charge in [-0.15, -0.1) is 0 Å². The molecule has 1 atom stereocenters. The molecular weight excluding hydrogens is 216 g/mol. The number of rotatable bonds is 3. The van der Waals surface area contributed by atoms with Gasteiger partial charge in [0.25, 0.3) is 0 Å². The van der Waals surface area contributed by atoms with Crippen molar-refractivity contribution in [3.63, 3.8) is 0 Å². The molecule has 0 radical (unpaired) electrons. The van der Waals surface area contributed by atoms with E-state index in [0.717, 1.165) is 0 Å². The fourth-order valence-electron chi connectivity index (χ4n) is 1.66. The van der Waals surface area contributed by atoms with Crippen molar-refractivity contribution in [3.05, 3.63) is 54.1 Å². The summed E-state index contributed by atoms with van der Waals surface area (Å²) in [7, 11) is 1.35. The highest BCUT2D eigenvalue weighted by Gasteiger charge is 2.12. The summed E-state index contributed by atoms with van der Waals surface area (Å²) in [6.07, 6.45) is 3.34. The van der Waals surface area contributed by atoms with E-state index in [9.17, 15) is 4.79 Å². The number of carbonyl (C=O) groups excluding carboxylic acids is 1. The molecule has 17 heavy (non-hydrogen) atoms. The van der Waals surface area contributed by atoms with Crippen LogP contribution in [0.5, 0.6) is 0 Å². The Morgan fingerprint density at radius 3 is 2.71 bits per heavy atom. The first-order chi connectivity index (χ1) is 8.22. The smallest absolute Gasteiger partial charge is 0.358 e. The van der Waals surface area contributed by atoms with Crippen LogP contribution in [0.1, 0.15) is 29.0 Å². The zero-order valence-corrected chi connectivity index (χ0v) is 9.83. The van der Waals surface area contributed by atoms with E-state index in [1.165, 1.54) is 12.7 Å². The van der Waals surface area contributed by atoms with Gasteiger partial charge in [0.1, 0.15) is 0 Å². The largest absolute Gasteiger partial charge is 0.464 e. The second-order valence-electron chi connectivity index (χ2n) is 3.78. The first-order valence-corrected chi connectivity index (χ1v) is 5.39. The van der Waals surface area contributed by atoms with E-state index in [0.29, 0.717) is 5.69 Å². The number of aromatic nitrogens is 2. The second kappa shape index (κ2) is 4.82. The van der Waals surface area contributed by atoms with Crippen molar-refractivity contribution in [3.8, 4) is 0 Å². The van der Waals surface area contributed by atoms with Gasteiger partial charge in [0.2, 0.25) is 0 Å². The van der Waals surface area contributed by atoms with Crippen LogP contribution in [0, 0.1) is 0 Å². The third kappa shape index (κ3) is 2.36. The molecule has 2 aromatic rings. The van der Waals surface area contributed by atoms with Crippen LogP contribution in [0.3, 0.4) is 0 Å². The maximum Gasteiger partial charge on any atom is 0.358 e. The summed E-state index contributed by atoms with van der Waals surface area (Å²) in [5.74, 6) is -0.413. The Balaban J connectivity index is 2.23. The van der Waals surface area contributed by atoms with Gasteiger partial charge in [0.15, 0.2) is 5.69 Å². The SMILES string of the molecule is COC(=O)c1cn([C@H](C)c2ccccc2)cn1. The molecular formula is C13H14N2O2. The topological polar surface area (TPSA) is 44.1 Å². The molecule has 0 aliphatic heterocycles. The Hall–Kier alpha value is -2.10. The summed E-state index contributed by atoms with van der Waals surface area (Å²) < 4.78 is 6.51. The highest BCUT2D eigenvalue weighted by atomic mass is 16.5. The highest BCUT2D eigenvalue weighted by Crippen LogP contribution is 2.17. The number of benzene rings is 1. The maximum atomic E-state index is 11.3. The molecule has 0 saturated heterocycles. The number of methoxy groups -OCH3 is 1. The minimum atomic E-state index is -0.413. The third-order valence-corrected chi connectivity index (χ3v) is 2.73. The van der Waals surface area contributed by atoms with Crippen LogP contribution >= 0.6 is 0 Å². The van der Waals surface area contributed by atoms with Crippen molar-refractivity contribution in [2.75, 3.05) is 7.11 Å². The summed E-state index contributed by atoms with van der Waals surface area (Å²) in [4.78, 5) is 15.3. The number of hydrogen-bond acceptors (Lipinski definition) is 3. The Bertz CT molecular complexity index is 505. The standard InChI is InChI=1S/C13H14N2O2/c1-10(11-6-4-3-5-7-11)15-8-12(14-9-15)13(16)17-2/h3-10H,1-2H3/t10-/m1/s1. The van der Waals surface area contributed by atoms with Crippen LogP contribution in [-0.2, 0) is 4.74 Å². The van der Waals surface area contributed by atoms with Crippen molar-refractivity contribution >= 4 is 5.97 Å². The zero-order chi connectivity index (χ0) is 12.3. The molecule has 1 heterocycles. The van der Waals surface area contributed by atoms with Crippen LogP contribution in [0.4, 0.5) is 0 Å². The van der Waals surface area contributed by atoms with Crippen LogP contribution < -0.4 is 0 Å². The molecule has 88 valence electrons. The number of ether oxygens (including phenoxy) is 1. The monoisotopic (exact) mass is 230 g/mol. The van der Waals surface area contributed by atoms with E-state index in [1.54, 1.807) is 12.5 Å². The van der Waals surface area contributed by atoms with Crippen molar-refractivity contribution < 1.29 is 9.53 Å². The molecule has 0 bridgehead atoms. The van der Waals surface area contributed by atoms with Crippen LogP contribution in [0.2, 0.25) is 0 Å². The Labute approximate surface area is 99.9 Å². The van der Waals surface area contributed by atoms with Gasteiger partial charge in [-0.1, -0.05) is 30.3 Å². The molecule has 0 saturated carbocycles. The lowest BCUT2D eigenvalue weighted by molar-refractivity contribution is 0.0594. The van der Waals surface area contributed by atoms with Gasteiger partial charge in [0, 0.05) is 6.20 Å². The molecule has 4 nitrogen and oxygen atoms in total. The molecule has 0 aliphatic carbocycles. The van der Waals surface area contributed by atoms with E-state index in [4.69, 9.17) is 0 Å². The summed E-state index contributed by atoms with van der Waals surface area (Å²) in [6, 6.07) is 10.2. The maximum absolute atomic E-state index is 11.3. The molecule has 0 spiro atoms. The lowest BCUT2D eigenvalue weighted by Gasteiger charge is -2.12. The molecule has 0 aliphatic rings. The molecule has 0 fully saturated rings. The minimum Gasteiger partial charge on any atom is -0.464 e. The summed E-state index contributed by atoms with van der Waals surface area (Å²) in [5, 5.41) is 0. The van der Waals surface area contributed by atoms with Gasteiger partial charge < -0.3 is 9.30 Å². The molecule has 1 aromatic heterocycles. The summed E-state index contributed by atoms with van der Waals surface area (Å²) in [5.41, 5.74) is 1.50. The van der Waals surface area contributed by atoms with Gasteiger partial charge in [-0.25, -0.2) is 9.78 Å². The third-order valence-electron chi connectivity index (χ3n) is 2.73. The van der Waals surface area contributed by atoms with E-state index < -0.39 is 5.97 Å². The Kier molecular flexibility index (Phi) is 3.23. The number of carbonyl (C=O) groups is 1. The van der Waals surface area contributed by atoms with Crippen LogP contribution in [0.25, 0.3) is 0 Å². The molecule has 4 heteroatoms. The molecule has 0 unspecified atom stereocenters. The van der Waals surface area contributed by atoms with Gasteiger partial charge >= 0.3 is 5.97 Å². The van der Waals surface area contributed by atoms with Crippen LogP contribution in [0.15, 0.2) is 42.9 Å². The molecule has 0 amide bonds. The van der Waals surface area contributed by atoms with Gasteiger partial charge in [0.05, 0.1) is 19.5 Å². The fraction of sp³-hybridized carbons (Fsp3) is 0.231. The first-order valence-electron chi connectivity index (χ1n) is 5.39. The molecule has 1 aromatic carbocycles. The average Bonchev–Trinajstić information content (AvgIpc) is 2.87. The Morgan fingerprint density at radius 1 is 1.35 bits per heavy atom. The zero-order valence-electron chi connectivity index (χ0n) is 9.83. The molecule has 2 rings (SSSR count). The van der Waals surface area contributed by atoms with Gasteiger partial charge in [-0.3, -0.25) is 0 Å². The normalized spacial score (nSPS) is 12.1. The average molecular weight is 230 g/mol. The fourth-order valence-corrected chi connectivity index (χ4v) is 1.66. The summed E-state index contributed by atoms with van der Waals surface area (Å²) in [6.45, 7) is 2.05. The number of imidazole rings is 1. The van der Waals surface area contributed by atoms with E-state index in [1.807, 2.05) is 34.9 Å². The van der Waals surface area contributed by atoms with Gasteiger partial charge in [-0.2, -0.15) is 0 Å². The lowest BCUT2D eigenvalue weighted by Crippen LogP contribution is -2.05. The number of nitrogens with zero attached hydrogens (tertiary/aromatic N) is 2. The Morgan fingerprint density at radius 2 is 2.06 bits per heavy atom. The predicted molar refractivity (Wildman–Crippen MR) is 63.8 cm³/mol. The summed E-state index contributed by atoms with van der Waals surface area (Å²) >= 11 is 0. The minimum absolute atomic E-state index is 0.141. The predicted octanol–water partition coefficient (Wildman–Crippen LogP) is 2.28. The van der Waals surface area contributed by atoms with E-state index >= 15 is 0 Å². The number of hydrogen-bond donors (Lipinski definition) is 0. The first kappa shape index (κ1) is 11.4. The van der Waals surface area contributed by atoms with Crippen LogP contribution in [-0.4, -0.2) is 22.6 Å². The van der Waals surface area contributed by atoms with Crippen molar-refractivity contribution in [2.24, 2.45) is 0 Å². The van der Waals surface area contributed by atoms with E-state index in [2.05, 4.69) is 16.6 Å². The molecule has 0 N–H and O–H groups in total. The second-order valence-corrected chi connectivity index (χ2v) is 3.78.